The Kier molecular flexibility index (Phi) is 11.3. The van der Waals surface area contributed by atoms with E-state index in [0.717, 1.165) is 25.3 Å². The van der Waals surface area contributed by atoms with Gasteiger partial charge >= 0.3 is 0 Å². The lowest BCUT2D eigenvalue weighted by Crippen LogP contribution is -2.45. The molecule has 0 N–H and O–H groups in total. The molecule has 1 rings (SSSR count). The van der Waals surface area contributed by atoms with Gasteiger partial charge in [-0.25, -0.2) is 8.42 Å². The van der Waals surface area contributed by atoms with Crippen LogP contribution in [0.3, 0.4) is 0 Å². The highest BCUT2D eigenvalue weighted by Gasteiger charge is 2.24. The van der Waals surface area contributed by atoms with Crippen molar-refractivity contribution in [3.8, 4) is 0 Å². The number of nitrogens with zero attached hydrogens (tertiary/aromatic N) is 1. The van der Waals surface area contributed by atoms with Crippen LogP contribution in [0.1, 0.15) is 77.6 Å². The van der Waals surface area contributed by atoms with Crippen LogP contribution < -0.4 is 0 Å². The largest absolute Gasteiger partial charge is 0.748 e. The van der Waals surface area contributed by atoms with E-state index in [1.807, 2.05) is 0 Å². The van der Waals surface area contributed by atoms with Crippen LogP contribution in [0, 0.1) is 0 Å². The lowest BCUT2D eigenvalue weighted by atomic mass is 9.94. The van der Waals surface area contributed by atoms with Gasteiger partial charge in [0.2, 0.25) is 0 Å². The van der Waals surface area contributed by atoms with Crippen molar-refractivity contribution >= 4 is 10.1 Å². The Morgan fingerprint density at radius 2 is 1.41 bits per heavy atom. The summed E-state index contributed by atoms with van der Waals surface area (Å²) in [6.45, 7) is 2.13. The van der Waals surface area contributed by atoms with Crippen molar-refractivity contribution in [3.05, 3.63) is 0 Å². The molecule has 0 amide bonds. The Labute approximate surface area is 138 Å². The zero-order chi connectivity index (χ0) is 17.1. The second kappa shape index (κ2) is 11.4. The van der Waals surface area contributed by atoms with Gasteiger partial charge in [0, 0.05) is 5.75 Å². The van der Waals surface area contributed by atoms with Crippen molar-refractivity contribution < 1.29 is 17.5 Å². The molecule has 0 aromatic heterocycles. The van der Waals surface area contributed by atoms with E-state index >= 15 is 0 Å². The summed E-state index contributed by atoms with van der Waals surface area (Å²) < 4.78 is 31.7. The molecule has 0 aromatic rings. The molecule has 5 heteroatoms. The van der Waals surface area contributed by atoms with E-state index in [9.17, 15) is 13.0 Å². The number of rotatable bonds is 8. The molecule has 0 saturated heterocycles. The van der Waals surface area contributed by atoms with Crippen LogP contribution in [0.5, 0.6) is 0 Å². The fourth-order valence-electron chi connectivity index (χ4n) is 2.91. The number of unbranched alkanes of at least 4 members (excludes halogenated alkanes) is 5. The van der Waals surface area contributed by atoms with Crippen LogP contribution in [-0.4, -0.2) is 50.4 Å². The molecule has 4 nitrogen and oxygen atoms in total. The van der Waals surface area contributed by atoms with Gasteiger partial charge in [-0.3, -0.25) is 0 Å². The molecule has 0 aliphatic heterocycles. The fourth-order valence-corrected chi connectivity index (χ4v) is 3.47. The summed E-state index contributed by atoms with van der Waals surface area (Å²) in [5, 5.41) is 0. The predicted octanol–water partition coefficient (Wildman–Crippen LogP) is 3.92. The minimum Gasteiger partial charge on any atom is -0.748 e. The molecule has 0 heterocycles. The van der Waals surface area contributed by atoms with E-state index < -0.39 is 10.1 Å². The lowest BCUT2D eigenvalue weighted by Gasteiger charge is -2.36. The normalized spacial score (nSPS) is 17.0. The van der Waals surface area contributed by atoms with Crippen LogP contribution >= 0.6 is 0 Å². The SMILES string of the molecule is CCCCCCCCS(=O)(=O)[O-].C[N+](C)(C)C1CCCCC1. The molecular weight excluding hydrogens is 298 g/mol. The molecule has 0 radical (unpaired) electrons. The van der Waals surface area contributed by atoms with Gasteiger partial charge in [0.15, 0.2) is 0 Å². The third kappa shape index (κ3) is 13.5. The van der Waals surface area contributed by atoms with Gasteiger partial charge in [0.05, 0.1) is 37.3 Å². The Bertz CT molecular complexity index is 355. The van der Waals surface area contributed by atoms with Crippen molar-refractivity contribution in [2.45, 2.75) is 83.6 Å². The maximum absolute atomic E-state index is 10.2. The van der Waals surface area contributed by atoms with E-state index in [-0.39, 0.29) is 5.75 Å². The second-order valence-corrected chi connectivity index (χ2v) is 8.96. The van der Waals surface area contributed by atoms with Gasteiger partial charge in [-0.2, -0.15) is 0 Å². The third-order valence-corrected chi connectivity index (χ3v) is 5.21. The van der Waals surface area contributed by atoms with E-state index in [1.165, 1.54) is 49.4 Å². The van der Waals surface area contributed by atoms with Crippen LogP contribution in [-0.2, 0) is 10.1 Å². The molecule has 1 aliphatic carbocycles. The van der Waals surface area contributed by atoms with E-state index in [0.29, 0.717) is 6.42 Å². The van der Waals surface area contributed by atoms with Crippen LogP contribution in [0.25, 0.3) is 0 Å². The smallest absolute Gasteiger partial charge is 0.0945 e. The molecule has 1 saturated carbocycles. The van der Waals surface area contributed by atoms with E-state index in [1.54, 1.807) is 0 Å². The molecule has 0 unspecified atom stereocenters. The van der Waals surface area contributed by atoms with Crippen molar-refractivity contribution in [1.82, 2.24) is 0 Å². The van der Waals surface area contributed by atoms with Crippen molar-refractivity contribution in [2.24, 2.45) is 0 Å². The maximum Gasteiger partial charge on any atom is 0.0945 e. The number of hydrogen-bond acceptors (Lipinski definition) is 3. The standard InChI is InChI=1S/C9H20N.C8H18O3S/c1-10(2,3)9-7-5-4-6-8-9;1-2-3-4-5-6-7-8-12(9,10)11/h9H,4-8H2,1-3H3;2-8H2,1H3,(H,9,10,11)/q+1;/p-1. The molecule has 134 valence electrons. The molecule has 0 aromatic carbocycles. The summed E-state index contributed by atoms with van der Waals surface area (Å²) in [6.07, 6.45) is 13.2. The van der Waals surface area contributed by atoms with Gasteiger partial charge < -0.3 is 9.04 Å². The van der Waals surface area contributed by atoms with Gasteiger partial charge in [-0.05, 0) is 32.1 Å². The summed E-state index contributed by atoms with van der Waals surface area (Å²) in [7, 11) is 2.98. The quantitative estimate of drug-likeness (QED) is 0.384. The minimum absolute atomic E-state index is 0.195. The van der Waals surface area contributed by atoms with Crippen molar-refractivity contribution in [1.29, 1.82) is 0 Å². The third-order valence-electron chi connectivity index (χ3n) is 4.42. The van der Waals surface area contributed by atoms with E-state index in [2.05, 4.69) is 28.1 Å². The first-order valence-electron chi connectivity index (χ1n) is 8.91. The first kappa shape index (κ1) is 21.9. The molecule has 1 aliphatic rings. The monoisotopic (exact) mass is 335 g/mol. The van der Waals surface area contributed by atoms with Crippen molar-refractivity contribution in [2.75, 3.05) is 26.9 Å². The number of hydrogen-bond donors (Lipinski definition) is 0. The van der Waals surface area contributed by atoms with E-state index in [4.69, 9.17) is 0 Å². The maximum atomic E-state index is 10.2. The molecular formula is C17H37NO3S. The van der Waals surface area contributed by atoms with Crippen LogP contribution in [0.15, 0.2) is 0 Å². The molecule has 0 spiro atoms. The van der Waals surface area contributed by atoms with Gasteiger partial charge in [-0.15, -0.1) is 0 Å². The molecule has 0 atom stereocenters. The van der Waals surface area contributed by atoms with Gasteiger partial charge in [0.25, 0.3) is 0 Å². The molecule has 1 fully saturated rings. The summed E-state index contributed by atoms with van der Waals surface area (Å²) in [5.74, 6) is -0.195. The van der Waals surface area contributed by atoms with Crippen LogP contribution in [0.4, 0.5) is 0 Å². The second-order valence-electron chi connectivity index (χ2n) is 7.44. The van der Waals surface area contributed by atoms with Gasteiger partial charge in [0.1, 0.15) is 0 Å². The summed E-state index contributed by atoms with van der Waals surface area (Å²) >= 11 is 0. The summed E-state index contributed by atoms with van der Waals surface area (Å²) in [5.41, 5.74) is 0. The first-order chi connectivity index (χ1) is 10.2. The highest BCUT2D eigenvalue weighted by atomic mass is 32.2. The average molecular weight is 336 g/mol. The Morgan fingerprint density at radius 3 is 1.82 bits per heavy atom. The highest BCUT2D eigenvalue weighted by Crippen LogP contribution is 2.23. The van der Waals surface area contributed by atoms with Gasteiger partial charge in [-0.1, -0.05) is 45.4 Å². The minimum atomic E-state index is -3.97. The summed E-state index contributed by atoms with van der Waals surface area (Å²) in [6, 6.07) is 0.939. The zero-order valence-electron chi connectivity index (χ0n) is 15.1. The first-order valence-corrected chi connectivity index (χ1v) is 10.5. The summed E-state index contributed by atoms with van der Waals surface area (Å²) in [4.78, 5) is 0. The Hall–Kier alpha value is -0.130. The van der Waals surface area contributed by atoms with Crippen molar-refractivity contribution in [3.63, 3.8) is 0 Å². The Balaban J connectivity index is 0.000000406. The fraction of sp³-hybridized carbons (Fsp3) is 1.00. The highest BCUT2D eigenvalue weighted by molar-refractivity contribution is 7.85. The Morgan fingerprint density at radius 1 is 0.909 bits per heavy atom. The topological polar surface area (TPSA) is 57.2 Å². The molecule has 22 heavy (non-hydrogen) atoms. The average Bonchev–Trinajstić information content (AvgIpc) is 2.42. The lowest BCUT2D eigenvalue weighted by molar-refractivity contribution is -0.897. The number of quaternary nitrogens is 1. The molecule has 0 bridgehead atoms. The predicted molar refractivity (Wildman–Crippen MR) is 92.8 cm³/mol. The van der Waals surface area contributed by atoms with Crippen LogP contribution in [0.2, 0.25) is 0 Å². The zero-order valence-corrected chi connectivity index (χ0v) is 16.0.